The number of carbonyl (C=O) groups is 1. The summed E-state index contributed by atoms with van der Waals surface area (Å²) in [5.74, 6) is -0.238. The summed E-state index contributed by atoms with van der Waals surface area (Å²) in [5.41, 5.74) is 0.498. The fourth-order valence-corrected chi connectivity index (χ4v) is 2.25. The van der Waals surface area contributed by atoms with Crippen LogP contribution in [0.3, 0.4) is 0 Å². The van der Waals surface area contributed by atoms with Gasteiger partial charge >= 0.3 is 5.97 Å². The third-order valence-electron chi connectivity index (χ3n) is 3.43. The SMILES string of the molecule is COC(=O)[C@]1(C)COCCN1Cc1ccccc1. The topological polar surface area (TPSA) is 38.8 Å². The third kappa shape index (κ3) is 2.54. The maximum Gasteiger partial charge on any atom is 0.328 e. The first kappa shape index (κ1) is 13.1. The highest BCUT2D eigenvalue weighted by atomic mass is 16.5. The summed E-state index contributed by atoms with van der Waals surface area (Å²) < 4.78 is 10.3. The number of morpholine rings is 1. The minimum atomic E-state index is -0.692. The molecule has 4 heteroatoms. The van der Waals surface area contributed by atoms with Gasteiger partial charge in [0.2, 0.25) is 0 Å². The molecule has 1 atom stereocenters. The molecule has 1 heterocycles. The molecule has 98 valence electrons. The van der Waals surface area contributed by atoms with Crippen LogP contribution in [0.1, 0.15) is 12.5 Å². The quantitative estimate of drug-likeness (QED) is 0.760. The van der Waals surface area contributed by atoms with E-state index in [1.807, 2.05) is 25.1 Å². The number of hydrogen-bond donors (Lipinski definition) is 0. The van der Waals surface area contributed by atoms with Gasteiger partial charge in [0.05, 0.1) is 20.3 Å². The molecule has 4 nitrogen and oxygen atoms in total. The Hall–Kier alpha value is -1.39. The molecule has 0 bridgehead atoms. The van der Waals surface area contributed by atoms with Crippen LogP contribution in [0.15, 0.2) is 30.3 Å². The van der Waals surface area contributed by atoms with E-state index in [1.165, 1.54) is 12.7 Å². The van der Waals surface area contributed by atoms with E-state index in [0.717, 1.165) is 13.1 Å². The molecule has 0 amide bonds. The van der Waals surface area contributed by atoms with Gasteiger partial charge in [-0.2, -0.15) is 0 Å². The number of methoxy groups -OCH3 is 1. The van der Waals surface area contributed by atoms with Crippen LogP contribution in [0.2, 0.25) is 0 Å². The summed E-state index contributed by atoms with van der Waals surface area (Å²) in [6, 6.07) is 10.1. The van der Waals surface area contributed by atoms with Crippen molar-refractivity contribution in [3.05, 3.63) is 35.9 Å². The minimum absolute atomic E-state index is 0.238. The largest absolute Gasteiger partial charge is 0.468 e. The van der Waals surface area contributed by atoms with Crippen molar-refractivity contribution in [1.29, 1.82) is 0 Å². The van der Waals surface area contributed by atoms with Crippen molar-refractivity contribution in [3.8, 4) is 0 Å². The highest BCUT2D eigenvalue weighted by molar-refractivity contribution is 5.80. The first-order valence-electron chi connectivity index (χ1n) is 6.12. The monoisotopic (exact) mass is 249 g/mol. The number of carbonyl (C=O) groups excluding carboxylic acids is 1. The van der Waals surface area contributed by atoms with Gasteiger partial charge < -0.3 is 9.47 Å². The molecule has 1 aromatic rings. The normalized spacial score (nSPS) is 24.8. The Labute approximate surface area is 107 Å². The molecular formula is C14H19NO3. The molecule has 1 fully saturated rings. The summed E-state index contributed by atoms with van der Waals surface area (Å²) in [4.78, 5) is 14.1. The molecule has 0 spiro atoms. The number of nitrogens with zero attached hydrogens (tertiary/aromatic N) is 1. The lowest BCUT2D eigenvalue weighted by atomic mass is 9.98. The molecule has 1 aliphatic rings. The molecule has 1 aliphatic heterocycles. The van der Waals surface area contributed by atoms with Crippen LogP contribution >= 0.6 is 0 Å². The maximum atomic E-state index is 11.9. The van der Waals surface area contributed by atoms with E-state index < -0.39 is 5.54 Å². The second-order valence-corrected chi connectivity index (χ2v) is 4.73. The number of benzene rings is 1. The van der Waals surface area contributed by atoms with Crippen LogP contribution in [0.25, 0.3) is 0 Å². The van der Waals surface area contributed by atoms with E-state index in [0.29, 0.717) is 13.2 Å². The molecule has 0 aliphatic carbocycles. The predicted octanol–water partition coefficient (Wildman–Crippen LogP) is 1.45. The Kier molecular flexibility index (Phi) is 3.99. The van der Waals surface area contributed by atoms with Gasteiger partial charge in [-0.15, -0.1) is 0 Å². The first-order chi connectivity index (χ1) is 8.66. The van der Waals surface area contributed by atoms with Gasteiger partial charge in [-0.3, -0.25) is 4.90 Å². The van der Waals surface area contributed by atoms with E-state index in [9.17, 15) is 4.79 Å². The second kappa shape index (κ2) is 5.50. The average Bonchev–Trinajstić information content (AvgIpc) is 2.42. The fraction of sp³-hybridized carbons (Fsp3) is 0.500. The van der Waals surface area contributed by atoms with E-state index in [4.69, 9.17) is 9.47 Å². The Morgan fingerprint density at radius 3 is 2.83 bits per heavy atom. The molecule has 0 aromatic heterocycles. The van der Waals surface area contributed by atoms with Crippen molar-refractivity contribution in [3.63, 3.8) is 0 Å². The zero-order valence-corrected chi connectivity index (χ0v) is 10.9. The zero-order chi connectivity index (χ0) is 13.0. The van der Waals surface area contributed by atoms with E-state index >= 15 is 0 Å². The summed E-state index contributed by atoms with van der Waals surface area (Å²) in [7, 11) is 1.42. The molecule has 18 heavy (non-hydrogen) atoms. The molecule has 0 unspecified atom stereocenters. The standard InChI is InChI=1S/C14H19NO3/c1-14(13(16)17-2)11-18-9-8-15(14)10-12-6-4-3-5-7-12/h3-7H,8-11H2,1-2H3/t14-/m0/s1. The van der Waals surface area contributed by atoms with Gasteiger partial charge in [0.25, 0.3) is 0 Å². The zero-order valence-electron chi connectivity index (χ0n) is 10.9. The van der Waals surface area contributed by atoms with Crippen molar-refractivity contribution >= 4 is 5.97 Å². The smallest absolute Gasteiger partial charge is 0.328 e. The van der Waals surface area contributed by atoms with Gasteiger partial charge in [-0.1, -0.05) is 30.3 Å². The van der Waals surface area contributed by atoms with Crippen molar-refractivity contribution in [2.75, 3.05) is 26.9 Å². The summed E-state index contributed by atoms with van der Waals surface area (Å²) in [6.07, 6.45) is 0. The molecule has 0 N–H and O–H groups in total. The van der Waals surface area contributed by atoms with E-state index in [2.05, 4.69) is 17.0 Å². The fourth-order valence-electron chi connectivity index (χ4n) is 2.25. The van der Waals surface area contributed by atoms with Crippen LogP contribution < -0.4 is 0 Å². The van der Waals surface area contributed by atoms with Crippen LogP contribution in [0, 0.1) is 0 Å². The number of esters is 1. The molecule has 0 saturated carbocycles. The lowest BCUT2D eigenvalue weighted by Gasteiger charge is -2.42. The van der Waals surface area contributed by atoms with Crippen LogP contribution in [0.4, 0.5) is 0 Å². The van der Waals surface area contributed by atoms with Gasteiger partial charge in [-0.25, -0.2) is 4.79 Å². The van der Waals surface area contributed by atoms with Crippen molar-refractivity contribution < 1.29 is 14.3 Å². The van der Waals surface area contributed by atoms with Crippen LogP contribution in [-0.4, -0.2) is 43.3 Å². The van der Waals surface area contributed by atoms with Gasteiger partial charge in [0.1, 0.15) is 5.54 Å². The lowest BCUT2D eigenvalue weighted by molar-refractivity contribution is -0.166. The van der Waals surface area contributed by atoms with Crippen molar-refractivity contribution in [2.45, 2.75) is 19.0 Å². The van der Waals surface area contributed by atoms with Crippen LogP contribution in [0.5, 0.6) is 0 Å². The predicted molar refractivity (Wildman–Crippen MR) is 68.1 cm³/mol. The first-order valence-corrected chi connectivity index (χ1v) is 6.12. The molecular weight excluding hydrogens is 230 g/mol. The Balaban J connectivity index is 2.16. The van der Waals surface area contributed by atoms with Gasteiger partial charge in [-0.05, 0) is 12.5 Å². The molecule has 2 rings (SSSR count). The van der Waals surface area contributed by atoms with Crippen LogP contribution in [-0.2, 0) is 20.8 Å². The number of ether oxygens (including phenoxy) is 2. The summed E-state index contributed by atoms with van der Waals surface area (Å²) in [5, 5.41) is 0. The molecule has 0 radical (unpaired) electrons. The summed E-state index contributed by atoms with van der Waals surface area (Å²) >= 11 is 0. The molecule has 1 saturated heterocycles. The Morgan fingerprint density at radius 1 is 1.44 bits per heavy atom. The summed E-state index contributed by atoms with van der Waals surface area (Å²) in [6.45, 7) is 4.38. The number of rotatable bonds is 3. The maximum absolute atomic E-state index is 11.9. The third-order valence-corrected chi connectivity index (χ3v) is 3.43. The Bertz CT molecular complexity index is 407. The van der Waals surface area contributed by atoms with Gasteiger partial charge in [0.15, 0.2) is 0 Å². The number of hydrogen-bond acceptors (Lipinski definition) is 4. The van der Waals surface area contributed by atoms with Crippen molar-refractivity contribution in [2.24, 2.45) is 0 Å². The lowest BCUT2D eigenvalue weighted by Crippen LogP contribution is -2.59. The van der Waals surface area contributed by atoms with Gasteiger partial charge in [0, 0.05) is 13.1 Å². The Morgan fingerprint density at radius 2 is 2.17 bits per heavy atom. The van der Waals surface area contributed by atoms with Crippen molar-refractivity contribution in [1.82, 2.24) is 4.90 Å². The van der Waals surface area contributed by atoms with E-state index in [-0.39, 0.29) is 5.97 Å². The highest BCUT2D eigenvalue weighted by Crippen LogP contribution is 2.23. The highest BCUT2D eigenvalue weighted by Gasteiger charge is 2.43. The van der Waals surface area contributed by atoms with E-state index in [1.54, 1.807) is 0 Å². The molecule has 1 aromatic carbocycles. The average molecular weight is 249 g/mol. The second-order valence-electron chi connectivity index (χ2n) is 4.73. The minimum Gasteiger partial charge on any atom is -0.468 e.